The molecule has 0 saturated carbocycles. The second-order valence-corrected chi connectivity index (χ2v) is 6.96. The number of hydrogen-bond acceptors (Lipinski definition) is 5. The van der Waals surface area contributed by atoms with E-state index in [2.05, 4.69) is 5.32 Å². The highest BCUT2D eigenvalue weighted by atomic mass is 35.5. The molecule has 0 aliphatic carbocycles. The number of ether oxygens (including phenoxy) is 1. The minimum Gasteiger partial charge on any atom is -0.489 e. The summed E-state index contributed by atoms with van der Waals surface area (Å²) in [5, 5.41) is 23.0. The molecule has 1 amide bonds. The van der Waals surface area contributed by atoms with Crippen molar-refractivity contribution in [3.05, 3.63) is 104 Å². The molecule has 0 unspecified atom stereocenters. The molecule has 0 spiro atoms. The van der Waals surface area contributed by atoms with Crippen LogP contribution in [0.1, 0.15) is 11.1 Å². The summed E-state index contributed by atoms with van der Waals surface area (Å²) >= 11 is 5.76. The molecular formula is C23H15ClFN3O4. The lowest BCUT2D eigenvalue weighted by molar-refractivity contribution is -0.383. The number of carbonyl (C=O) groups excluding carboxylic acids is 1. The number of carbonyl (C=O) groups is 1. The Balaban J connectivity index is 1.69. The SMILES string of the molecule is N#CC(=Cc1ccc(OCc2ccc(F)cc2)cc1)C(=O)Nc1ccc(Cl)cc1[N+](=O)[O-]. The van der Waals surface area contributed by atoms with E-state index in [1.807, 2.05) is 0 Å². The molecule has 32 heavy (non-hydrogen) atoms. The maximum Gasteiger partial charge on any atom is 0.294 e. The van der Waals surface area contributed by atoms with Crippen molar-refractivity contribution in [1.82, 2.24) is 0 Å². The zero-order valence-electron chi connectivity index (χ0n) is 16.4. The first kappa shape index (κ1) is 22.5. The highest BCUT2D eigenvalue weighted by Gasteiger charge is 2.18. The summed E-state index contributed by atoms with van der Waals surface area (Å²) in [5.41, 5.74) is 0.654. The molecule has 0 atom stereocenters. The van der Waals surface area contributed by atoms with Crippen LogP contribution in [0.15, 0.2) is 72.3 Å². The van der Waals surface area contributed by atoms with Gasteiger partial charge in [-0.05, 0) is 53.6 Å². The van der Waals surface area contributed by atoms with Gasteiger partial charge in [0, 0.05) is 11.1 Å². The summed E-state index contributed by atoms with van der Waals surface area (Å²) < 4.78 is 18.6. The molecule has 0 fully saturated rings. The molecule has 0 radical (unpaired) electrons. The van der Waals surface area contributed by atoms with E-state index >= 15 is 0 Å². The molecule has 0 heterocycles. The first-order chi connectivity index (χ1) is 15.4. The van der Waals surface area contributed by atoms with Gasteiger partial charge in [0.2, 0.25) is 0 Å². The standard InChI is InChI=1S/C23H15ClFN3O4/c24-18-5-10-21(22(12-18)28(30)31)27-23(29)17(13-26)11-15-3-8-20(9-4-15)32-14-16-1-6-19(25)7-2-16/h1-12H,14H2,(H,27,29). The normalized spacial score (nSPS) is 10.8. The van der Waals surface area contributed by atoms with E-state index in [1.165, 1.54) is 30.3 Å². The first-order valence-corrected chi connectivity index (χ1v) is 9.58. The average Bonchev–Trinajstić information content (AvgIpc) is 2.78. The number of nitriles is 1. The van der Waals surface area contributed by atoms with Gasteiger partial charge in [-0.3, -0.25) is 14.9 Å². The van der Waals surface area contributed by atoms with E-state index in [-0.39, 0.29) is 34.4 Å². The van der Waals surface area contributed by atoms with E-state index in [4.69, 9.17) is 16.3 Å². The van der Waals surface area contributed by atoms with Gasteiger partial charge in [-0.2, -0.15) is 5.26 Å². The van der Waals surface area contributed by atoms with Crippen LogP contribution >= 0.6 is 11.6 Å². The molecule has 0 aliphatic heterocycles. The molecule has 3 rings (SSSR count). The quantitative estimate of drug-likeness (QED) is 0.220. The molecule has 9 heteroatoms. The van der Waals surface area contributed by atoms with Gasteiger partial charge in [-0.15, -0.1) is 0 Å². The van der Waals surface area contributed by atoms with Crippen molar-refractivity contribution in [3.63, 3.8) is 0 Å². The largest absolute Gasteiger partial charge is 0.489 e. The number of nitrogens with zero attached hydrogens (tertiary/aromatic N) is 2. The Morgan fingerprint density at radius 3 is 2.47 bits per heavy atom. The Morgan fingerprint density at radius 1 is 1.16 bits per heavy atom. The Labute approximate surface area is 187 Å². The van der Waals surface area contributed by atoms with Gasteiger partial charge in [0.25, 0.3) is 11.6 Å². The van der Waals surface area contributed by atoms with Crippen LogP contribution in [0.3, 0.4) is 0 Å². The topological polar surface area (TPSA) is 105 Å². The van der Waals surface area contributed by atoms with E-state index in [1.54, 1.807) is 42.5 Å². The van der Waals surface area contributed by atoms with Gasteiger partial charge in [-0.1, -0.05) is 35.9 Å². The summed E-state index contributed by atoms with van der Waals surface area (Å²) in [7, 11) is 0. The number of halogens is 2. The highest BCUT2D eigenvalue weighted by molar-refractivity contribution is 6.31. The van der Waals surface area contributed by atoms with Crippen molar-refractivity contribution in [1.29, 1.82) is 5.26 Å². The van der Waals surface area contributed by atoms with Gasteiger partial charge >= 0.3 is 0 Å². The summed E-state index contributed by atoms with van der Waals surface area (Å²) in [6, 6.07) is 18.1. The fourth-order valence-corrected chi connectivity index (χ4v) is 2.84. The fraction of sp³-hybridized carbons (Fsp3) is 0.0435. The summed E-state index contributed by atoms with van der Waals surface area (Å²) in [6.07, 6.45) is 1.35. The highest BCUT2D eigenvalue weighted by Crippen LogP contribution is 2.28. The third-order valence-electron chi connectivity index (χ3n) is 4.28. The number of amides is 1. The van der Waals surface area contributed by atoms with Crippen molar-refractivity contribution < 1.29 is 18.8 Å². The lowest BCUT2D eigenvalue weighted by Crippen LogP contribution is -2.14. The molecule has 7 nitrogen and oxygen atoms in total. The smallest absolute Gasteiger partial charge is 0.294 e. The van der Waals surface area contributed by atoms with Crippen LogP contribution < -0.4 is 10.1 Å². The van der Waals surface area contributed by atoms with Crippen LogP contribution in [0, 0.1) is 27.3 Å². The van der Waals surface area contributed by atoms with Gasteiger partial charge in [0.15, 0.2) is 0 Å². The van der Waals surface area contributed by atoms with Crippen LogP contribution in [0.5, 0.6) is 5.75 Å². The fourth-order valence-electron chi connectivity index (χ4n) is 2.67. The number of rotatable bonds is 7. The second-order valence-electron chi connectivity index (χ2n) is 6.53. The lowest BCUT2D eigenvalue weighted by Gasteiger charge is -2.07. The van der Waals surface area contributed by atoms with Gasteiger partial charge in [-0.25, -0.2) is 4.39 Å². The Bertz CT molecular complexity index is 1220. The average molecular weight is 452 g/mol. The number of hydrogen-bond donors (Lipinski definition) is 1. The summed E-state index contributed by atoms with van der Waals surface area (Å²) in [5.74, 6) is -0.575. The van der Waals surface area contributed by atoms with Gasteiger partial charge in [0.1, 0.15) is 35.5 Å². The zero-order chi connectivity index (χ0) is 23.1. The van der Waals surface area contributed by atoms with E-state index in [0.29, 0.717) is 11.3 Å². The minimum atomic E-state index is -0.797. The number of nitro groups is 1. The van der Waals surface area contributed by atoms with E-state index in [0.717, 1.165) is 11.6 Å². The number of anilines is 1. The molecule has 3 aromatic rings. The molecule has 3 aromatic carbocycles. The molecule has 160 valence electrons. The van der Waals surface area contributed by atoms with E-state index in [9.17, 15) is 24.6 Å². The summed E-state index contributed by atoms with van der Waals surface area (Å²) in [4.78, 5) is 22.9. The minimum absolute atomic E-state index is 0.0740. The number of benzene rings is 3. The molecule has 0 aliphatic rings. The van der Waals surface area contributed by atoms with Crippen LogP contribution in [0.25, 0.3) is 6.08 Å². The van der Waals surface area contributed by atoms with Crippen LogP contribution in [-0.2, 0) is 11.4 Å². The second kappa shape index (κ2) is 10.2. The lowest BCUT2D eigenvalue weighted by atomic mass is 10.1. The molecular weight excluding hydrogens is 437 g/mol. The van der Waals surface area contributed by atoms with Crippen molar-refractivity contribution >= 4 is 35.0 Å². The van der Waals surface area contributed by atoms with E-state index < -0.39 is 10.8 Å². The third-order valence-corrected chi connectivity index (χ3v) is 4.51. The zero-order valence-corrected chi connectivity index (χ0v) is 17.2. The predicted molar refractivity (Wildman–Crippen MR) is 118 cm³/mol. The molecule has 1 N–H and O–H groups in total. The van der Waals surface area contributed by atoms with Crippen LogP contribution in [-0.4, -0.2) is 10.8 Å². The van der Waals surface area contributed by atoms with Crippen molar-refractivity contribution in [2.24, 2.45) is 0 Å². The Kier molecular flexibility index (Phi) is 7.16. The first-order valence-electron chi connectivity index (χ1n) is 9.20. The van der Waals surface area contributed by atoms with Crippen molar-refractivity contribution in [2.75, 3.05) is 5.32 Å². The maximum atomic E-state index is 12.9. The van der Waals surface area contributed by atoms with Crippen LogP contribution in [0.4, 0.5) is 15.8 Å². The molecule has 0 aromatic heterocycles. The third kappa shape index (κ3) is 5.90. The predicted octanol–water partition coefficient (Wildman–Crippen LogP) is 5.51. The van der Waals surface area contributed by atoms with Crippen molar-refractivity contribution in [3.8, 4) is 11.8 Å². The summed E-state index contributed by atoms with van der Waals surface area (Å²) in [6.45, 7) is 0.251. The number of nitro benzene ring substituents is 1. The van der Waals surface area contributed by atoms with Crippen LogP contribution in [0.2, 0.25) is 5.02 Å². The molecule has 0 bridgehead atoms. The Hall–Kier alpha value is -4.22. The van der Waals surface area contributed by atoms with Gasteiger partial charge < -0.3 is 10.1 Å². The number of nitrogens with one attached hydrogen (secondary N) is 1. The monoisotopic (exact) mass is 451 g/mol. The van der Waals surface area contributed by atoms with Gasteiger partial charge in [0.05, 0.1) is 4.92 Å². The Morgan fingerprint density at radius 2 is 1.84 bits per heavy atom. The molecule has 0 saturated heterocycles. The van der Waals surface area contributed by atoms with Crippen molar-refractivity contribution in [2.45, 2.75) is 6.61 Å². The maximum absolute atomic E-state index is 12.9.